The number of halogens is 1. The second kappa shape index (κ2) is 5.33. The molecule has 14 heavy (non-hydrogen) atoms. The molecule has 1 fully saturated rings. The molecule has 2 atom stereocenters. The highest BCUT2D eigenvalue weighted by Gasteiger charge is 2.24. The Balaban J connectivity index is 2.35. The summed E-state index contributed by atoms with van der Waals surface area (Å²) in [5, 5.41) is 0. The molecule has 1 aliphatic rings. The van der Waals surface area contributed by atoms with Crippen molar-refractivity contribution in [2.75, 3.05) is 11.6 Å². The van der Waals surface area contributed by atoms with Gasteiger partial charge in [0.1, 0.15) is 0 Å². The van der Waals surface area contributed by atoms with Crippen LogP contribution in [0.1, 0.15) is 32.6 Å². The summed E-state index contributed by atoms with van der Waals surface area (Å²) in [5.41, 5.74) is 0. The molecule has 3 nitrogen and oxygen atoms in total. The highest BCUT2D eigenvalue weighted by molar-refractivity contribution is 7.89. The first kappa shape index (κ1) is 12.3. The van der Waals surface area contributed by atoms with Crippen LogP contribution in [0.4, 0.5) is 0 Å². The summed E-state index contributed by atoms with van der Waals surface area (Å²) < 4.78 is 25.7. The molecule has 0 aromatic carbocycles. The molecule has 1 rings (SSSR count). The van der Waals surface area contributed by atoms with Gasteiger partial charge in [0.05, 0.1) is 5.75 Å². The van der Waals surface area contributed by atoms with Gasteiger partial charge in [0.25, 0.3) is 0 Å². The highest BCUT2D eigenvalue weighted by Crippen LogP contribution is 2.25. The molecule has 0 aromatic rings. The third kappa shape index (κ3) is 4.15. The molecule has 0 radical (unpaired) electrons. The van der Waals surface area contributed by atoms with Gasteiger partial charge in [-0.3, -0.25) is 0 Å². The topological polar surface area (TPSA) is 46.2 Å². The molecule has 84 valence electrons. The minimum Gasteiger partial charge on any atom is -0.212 e. The molecule has 1 N–H and O–H groups in total. The zero-order chi connectivity index (χ0) is 10.6. The number of alkyl halides is 1. The van der Waals surface area contributed by atoms with Crippen LogP contribution in [-0.2, 0) is 10.0 Å². The first-order valence-corrected chi connectivity index (χ1v) is 7.28. The van der Waals surface area contributed by atoms with E-state index in [4.69, 9.17) is 11.6 Å². The maximum atomic E-state index is 11.5. The molecule has 0 heterocycles. The summed E-state index contributed by atoms with van der Waals surface area (Å²) in [6.45, 7) is 2.16. The fourth-order valence-corrected chi connectivity index (χ4v) is 3.53. The van der Waals surface area contributed by atoms with Gasteiger partial charge in [0.15, 0.2) is 0 Å². The summed E-state index contributed by atoms with van der Waals surface area (Å²) in [7, 11) is -3.09. The zero-order valence-electron chi connectivity index (χ0n) is 8.50. The van der Waals surface area contributed by atoms with Crippen LogP contribution in [0.5, 0.6) is 0 Å². The predicted molar refractivity (Wildman–Crippen MR) is 59.1 cm³/mol. The van der Waals surface area contributed by atoms with E-state index in [0.717, 1.165) is 19.3 Å². The monoisotopic (exact) mass is 239 g/mol. The lowest BCUT2D eigenvalue weighted by Crippen LogP contribution is -2.34. The van der Waals surface area contributed by atoms with Crippen LogP contribution in [0.2, 0.25) is 0 Å². The van der Waals surface area contributed by atoms with Crippen LogP contribution in [0.15, 0.2) is 0 Å². The van der Waals surface area contributed by atoms with E-state index in [1.54, 1.807) is 0 Å². The maximum Gasteiger partial charge on any atom is 0.211 e. The number of nitrogens with one attached hydrogen (secondary N) is 1. The maximum absolute atomic E-state index is 11.5. The molecule has 0 amide bonds. The van der Waals surface area contributed by atoms with Gasteiger partial charge < -0.3 is 0 Å². The fourth-order valence-electron chi connectivity index (χ4n) is 1.87. The van der Waals surface area contributed by atoms with E-state index in [1.165, 1.54) is 0 Å². The number of hydrogen-bond donors (Lipinski definition) is 1. The van der Waals surface area contributed by atoms with Crippen molar-refractivity contribution in [2.45, 2.75) is 38.6 Å². The second-order valence-corrected chi connectivity index (χ2v) is 6.35. The van der Waals surface area contributed by atoms with Crippen molar-refractivity contribution >= 4 is 21.6 Å². The zero-order valence-corrected chi connectivity index (χ0v) is 10.1. The lowest BCUT2D eigenvalue weighted by atomic mass is 10.1. The molecule has 0 aromatic heterocycles. The Kier molecular flexibility index (Phi) is 4.67. The average Bonchev–Trinajstić information content (AvgIpc) is 2.47. The van der Waals surface area contributed by atoms with Gasteiger partial charge in [0.2, 0.25) is 10.0 Å². The summed E-state index contributed by atoms with van der Waals surface area (Å²) in [6.07, 6.45) is 3.60. The smallest absolute Gasteiger partial charge is 0.211 e. The van der Waals surface area contributed by atoms with E-state index >= 15 is 0 Å². The third-order valence-electron chi connectivity index (χ3n) is 2.59. The van der Waals surface area contributed by atoms with E-state index in [2.05, 4.69) is 11.6 Å². The number of hydrogen-bond acceptors (Lipinski definition) is 2. The molecule has 0 saturated heterocycles. The first-order valence-electron chi connectivity index (χ1n) is 5.09. The van der Waals surface area contributed by atoms with Gasteiger partial charge in [-0.2, -0.15) is 0 Å². The van der Waals surface area contributed by atoms with Crippen LogP contribution in [0.25, 0.3) is 0 Å². The molecule has 0 aliphatic heterocycles. The minimum absolute atomic E-state index is 0.154. The molecule has 0 bridgehead atoms. The molecule has 0 spiro atoms. The van der Waals surface area contributed by atoms with Crippen molar-refractivity contribution in [3.05, 3.63) is 0 Å². The Morgan fingerprint density at radius 3 is 2.64 bits per heavy atom. The van der Waals surface area contributed by atoms with E-state index in [-0.39, 0.29) is 11.8 Å². The highest BCUT2D eigenvalue weighted by atomic mass is 35.5. The lowest BCUT2D eigenvalue weighted by Gasteiger charge is -2.12. The van der Waals surface area contributed by atoms with Gasteiger partial charge in [-0.1, -0.05) is 6.92 Å². The molecular formula is C9H18ClNO2S. The van der Waals surface area contributed by atoms with E-state index < -0.39 is 10.0 Å². The average molecular weight is 240 g/mol. The fraction of sp³-hybridized carbons (Fsp3) is 1.00. The van der Waals surface area contributed by atoms with Crippen LogP contribution in [-0.4, -0.2) is 26.1 Å². The van der Waals surface area contributed by atoms with Crippen LogP contribution < -0.4 is 4.72 Å². The normalized spacial score (nSPS) is 28.1. The van der Waals surface area contributed by atoms with Crippen molar-refractivity contribution in [1.82, 2.24) is 4.72 Å². The molecule has 5 heteroatoms. The van der Waals surface area contributed by atoms with Crippen molar-refractivity contribution in [1.29, 1.82) is 0 Å². The second-order valence-electron chi connectivity index (χ2n) is 4.09. The van der Waals surface area contributed by atoms with Gasteiger partial charge in [-0.05, 0) is 31.6 Å². The molecular weight excluding hydrogens is 222 g/mol. The van der Waals surface area contributed by atoms with Crippen LogP contribution in [0, 0.1) is 5.92 Å². The van der Waals surface area contributed by atoms with Gasteiger partial charge in [-0.25, -0.2) is 13.1 Å². The Morgan fingerprint density at radius 1 is 1.43 bits per heavy atom. The summed E-state index contributed by atoms with van der Waals surface area (Å²) in [6, 6.07) is 0.158. The van der Waals surface area contributed by atoms with Crippen LogP contribution in [0.3, 0.4) is 0 Å². The van der Waals surface area contributed by atoms with E-state index in [9.17, 15) is 8.42 Å². The van der Waals surface area contributed by atoms with E-state index in [0.29, 0.717) is 18.2 Å². The van der Waals surface area contributed by atoms with Crippen molar-refractivity contribution < 1.29 is 8.42 Å². The summed E-state index contributed by atoms with van der Waals surface area (Å²) >= 11 is 5.46. The molecule has 2 unspecified atom stereocenters. The minimum atomic E-state index is -3.09. The van der Waals surface area contributed by atoms with Crippen molar-refractivity contribution in [2.24, 2.45) is 5.92 Å². The Morgan fingerprint density at radius 2 is 2.14 bits per heavy atom. The first-order chi connectivity index (χ1) is 6.53. The quantitative estimate of drug-likeness (QED) is 0.743. The number of rotatable bonds is 5. The lowest BCUT2D eigenvalue weighted by molar-refractivity contribution is 0.537. The van der Waals surface area contributed by atoms with Crippen molar-refractivity contribution in [3.8, 4) is 0 Å². The Labute approximate surface area is 91.3 Å². The van der Waals surface area contributed by atoms with Gasteiger partial charge >= 0.3 is 0 Å². The predicted octanol–water partition coefficient (Wildman–Crippen LogP) is 1.72. The van der Waals surface area contributed by atoms with E-state index in [1.807, 2.05) is 0 Å². The Hall–Kier alpha value is 0.200. The SMILES string of the molecule is CC1CCC(NS(=O)(=O)CCCCl)C1. The van der Waals surface area contributed by atoms with Gasteiger partial charge in [0, 0.05) is 11.9 Å². The third-order valence-corrected chi connectivity index (χ3v) is 4.37. The summed E-state index contributed by atoms with van der Waals surface area (Å²) in [5.74, 6) is 1.21. The standard InChI is InChI=1S/C9H18ClNO2S/c1-8-3-4-9(7-8)11-14(12,13)6-2-5-10/h8-9,11H,2-7H2,1H3. The largest absolute Gasteiger partial charge is 0.212 e. The summed E-state index contributed by atoms with van der Waals surface area (Å²) in [4.78, 5) is 0. The van der Waals surface area contributed by atoms with Crippen LogP contribution >= 0.6 is 11.6 Å². The van der Waals surface area contributed by atoms with Gasteiger partial charge in [-0.15, -0.1) is 11.6 Å². The molecule has 1 aliphatic carbocycles. The number of sulfonamides is 1. The van der Waals surface area contributed by atoms with Crippen molar-refractivity contribution in [3.63, 3.8) is 0 Å². The molecule has 1 saturated carbocycles. The Bertz CT molecular complexity index is 266.